The van der Waals surface area contributed by atoms with Gasteiger partial charge in [-0.3, -0.25) is 5.32 Å². The Morgan fingerprint density at radius 2 is 1.82 bits per heavy atom. The van der Waals surface area contributed by atoms with E-state index < -0.39 is 0 Å². The number of hydrogen-bond donors (Lipinski definition) is 2. The summed E-state index contributed by atoms with van der Waals surface area (Å²) in [7, 11) is 0. The van der Waals surface area contributed by atoms with Crippen molar-refractivity contribution in [2.24, 2.45) is 0 Å². The van der Waals surface area contributed by atoms with Crippen LogP contribution in [0.2, 0.25) is 0 Å². The van der Waals surface area contributed by atoms with Crippen LogP contribution < -0.4 is 10.6 Å². The first-order chi connectivity index (χ1) is 5.41. The van der Waals surface area contributed by atoms with Gasteiger partial charge in [-0.05, 0) is 6.54 Å². The molecule has 0 amide bonds. The summed E-state index contributed by atoms with van der Waals surface area (Å²) in [6.07, 6.45) is 0. The van der Waals surface area contributed by atoms with Gasteiger partial charge in [-0.15, -0.1) is 0 Å². The molecule has 2 heterocycles. The van der Waals surface area contributed by atoms with Crippen molar-refractivity contribution in [2.45, 2.75) is 0 Å². The number of nitrogens with one attached hydrogen (secondary N) is 2. The van der Waals surface area contributed by atoms with E-state index >= 15 is 0 Å². The molecule has 0 radical (unpaired) electrons. The topological polar surface area (TPSA) is 38.2 Å². The van der Waals surface area contributed by atoms with Gasteiger partial charge in [0.05, 0.1) is 13.1 Å². The monoisotopic (exact) mass is 156 g/mol. The van der Waals surface area contributed by atoms with Gasteiger partial charge in [0.1, 0.15) is 6.67 Å². The predicted octanol–water partition coefficient (Wildman–Crippen LogP) is -0.744. The highest BCUT2D eigenvalue weighted by Crippen LogP contribution is 2.16. The van der Waals surface area contributed by atoms with Crippen LogP contribution in [-0.4, -0.2) is 50.5 Å². The fraction of sp³-hybridized carbons (Fsp3) is 1.00. The Morgan fingerprint density at radius 1 is 1.00 bits per heavy atom. The molecule has 0 saturated carbocycles. The van der Waals surface area contributed by atoms with Crippen molar-refractivity contribution in [1.82, 2.24) is 10.6 Å². The molecule has 2 aliphatic heterocycles. The quantitative estimate of drug-likeness (QED) is 0.453. The zero-order chi connectivity index (χ0) is 7.57. The van der Waals surface area contributed by atoms with E-state index in [1.54, 1.807) is 0 Å². The first-order valence-electron chi connectivity index (χ1n) is 4.38. The summed E-state index contributed by atoms with van der Waals surface area (Å²) in [5, 5.41) is 6.72. The van der Waals surface area contributed by atoms with E-state index in [1.807, 2.05) is 0 Å². The predicted molar refractivity (Wildman–Crippen MR) is 44.0 cm³/mol. The van der Waals surface area contributed by atoms with Crippen molar-refractivity contribution in [3.8, 4) is 0 Å². The maximum atomic E-state index is 4.67. The van der Waals surface area contributed by atoms with E-state index in [9.17, 15) is 0 Å². The average Bonchev–Trinajstić information content (AvgIpc) is 2.32. The van der Waals surface area contributed by atoms with Crippen molar-refractivity contribution in [3.63, 3.8) is 0 Å². The lowest BCUT2D eigenvalue weighted by molar-refractivity contribution is -0.880. The highest BCUT2D eigenvalue weighted by Gasteiger charge is 2.24. The summed E-state index contributed by atoms with van der Waals surface area (Å²) in [4.78, 5) is 0. The van der Waals surface area contributed by atoms with Crippen LogP contribution in [0.4, 0.5) is 0 Å². The lowest BCUT2D eigenvalue weighted by Gasteiger charge is -2.43. The van der Waals surface area contributed by atoms with Crippen LogP contribution in [0.15, 0.2) is 0 Å². The molecule has 2 saturated heterocycles. The summed E-state index contributed by atoms with van der Waals surface area (Å²) in [6.45, 7) is 7.66. The van der Waals surface area contributed by atoms with Crippen molar-refractivity contribution < 1.29 is 4.59 Å². The third kappa shape index (κ3) is 1.54. The molecule has 4 nitrogen and oxygen atoms in total. The molecular weight excluding hydrogens is 140 g/mol. The lowest BCUT2D eigenvalue weighted by Crippen LogP contribution is -2.44. The SMILES string of the molecule is C1CNCC[N+]2(CCNC2)[N-]1. The van der Waals surface area contributed by atoms with E-state index in [4.69, 9.17) is 0 Å². The molecule has 0 aromatic rings. The Kier molecular flexibility index (Phi) is 2.09. The molecule has 0 aromatic carbocycles. The molecule has 2 rings (SSSR count). The molecule has 4 heteroatoms. The number of nitrogens with zero attached hydrogens (tertiary/aromatic N) is 2. The fourth-order valence-corrected chi connectivity index (χ4v) is 1.79. The van der Waals surface area contributed by atoms with Crippen LogP contribution in [0, 0.1) is 0 Å². The maximum absolute atomic E-state index is 4.67. The number of hydrogen-bond acceptors (Lipinski definition) is 2. The van der Waals surface area contributed by atoms with Crippen LogP contribution >= 0.6 is 0 Å². The van der Waals surface area contributed by atoms with Gasteiger partial charge in [-0.25, -0.2) is 0 Å². The highest BCUT2D eigenvalue weighted by atomic mass is 15.7. The average molecular weight is 156 g/mol. The van der Waals surface area contributed by atoms with Crippen LogP contribution in [0.1, 0.15) is 0 Å². The Labute approximate surface area is 67.5 Å². The fourth-order valence-electron chi connectivity index (χ4n) is 1.79. The molecule has 2 aliphatic rings. The van der Waals surface area contributed by atoms with Gasteiger partial charge >= 0.3 is 0 Å². The Hall–Kier alpha value is -0.160. The second kappa shape index (κ2) is 3.06. The van der Waals surface area contributed by atoms with E-state index in [2.05, 4.69) is 16.1 Å². The second-order valence-electron chi connectivity index (χ2n) is 3.32. The van der Waals surface area contributed by atoms with E-state index in [1.165, 1.54) is 6.54 Å². The number of quaternary nitrogens is 1. The molecule has 1 atom stereocenters. The standard InChI is InChI=1S/C7H16N4/c1-2-10-11(5-3-8-1)6-4-9-7-11/h8-9H,1-7H2. The zero-order valence-electron chi connectivity index (χ0n) is 6.84. The summed E-state index contributed by atoms with van der Waals surface area (Å²) < 4.78 is 0.951. The first-order valence-corrected chi connectivity index (χ1v) is 4.38. The second-order valence-corrected chi connectivity index (χ2v) is 3.32. The van der Waals surface area contributed by atoms with Crippen LogP contribution in [-0.2, 0) is 0 Å². The van der Waals surface area contributed by atoms with E-state index in [0.717, 1.165) is 44.0 Å². The summed E-state index contributed by atoms with van der Waals surface area (Å²) in [5.74, 6) is 0. The van der Waals surface area contributed by atoms with Crippen LogP contribution in [0.5, 0.6) is 0 Å². The van der Waals surface area contributed by atoms with Crippen molar-refractivity contribution in [2.75, 3.05) is 45.9 Å². The summed E-state index contributed by atoms with van der Waals surface area (Å²) >= 11 is 0. The summed E-state index contributed by atoms with van der Waals surface area (Å²) in [5.41, 5.74) is 4.67. The minimum Gasteiger partial charge on any atom is -0.450 e. The highest BCUT2D eigenvalue weighted by molar-refractivity contribution is 4.74. The normalized spacial score (nSPS) is 39.3. The first kappa shape index (κ1) is 7.49. The molecule has 1 unspecified atom stereocenters. The molecule has 0 aliphatic carbocycles. The van der Waals surface area contributed by atoms with Crippen molar-refractivity contribution in [3.05, 3.63) is 5.43 Å². The minimum absolute atomic E-state index is 0.951. The molecule has 11 heavy (non-hydrogen) atoms. The molecule has 2 N–H and O–H groups in total. The van der Waals surface area contributed by atoms with Gasteiger partial charge in [0.2, 0.25) is 0 Å². The molecule has 0 aromatic heterocycles. The smallest absolute Gasteiger partial charge is 0.123 e. The Morgan fingerprint density at radius 3 is 2.64 bits per heavy atom. The number of rotatable bonds is 0. The lowest BCUT2D eigenvalue weighted by atomic mass is 10.5. The minimum atomic E-state index is 0.951. The maximum Gasteiger partial charge on any atom is 0.123 e. The Bertz CT molecular complexity index is 120. The van der Waals surface area contributed by atoms with Gasteiger partial charge in [0.15, 0.2) is 0 Å². The van der Waals surface area contributed by atoms with E-state index in [0.29, 0.717) is 0 Å². The van der Waals surface area contributed by atoms with Gasteiger partial charge in [-0.2, -0.15) is 0 Å². The third-order valence-electron chi connectivity index (χ3n) is 2.50. The molecule has 0 bridgehead atoms. The molecule has 2 fully saturated rings. The van der Waals surface area contributed by atoms with Crippen molar-refractivity contribution >= 4 is 0 Å². The van der Waals surface area contributed by atoms with Gasteiger partial charge in [0.25, 0.3) is 0 Å². The van der Waals surface area contributed by atoms with Gasteiger partial charge in [0, 0.05) is 13.1 Å². The molecule has 64 valence electrons. The third-order valence-corrected chi connectivity index (χ3v) is 2.50. The van der Waals surface area contributed by atoms with Crippen LogP contribution in [0.25, 0.3) is 5.43 Å². The van der Waals surface area contributed by atoms with Gasteiger partial charge < -0.3 is 15.3 Å². The summed E-state index contributed by atoms with van der Waals surface area (Å²) in [6, 6.07) is 0. The zero-order valence-corrected chi connectivity index (χ0v) is 6.84. The van der Waals surface area contributed by atoms with Crippen LogP contribution in [0.3, 0.4) is 0 Å². The van der Waals surface area contributed by atoms with Crippen molar-refractivity contribution in [1.29, 1.82) is 0 Å². The molecular formula is C7H16N4. The largest absolute Gasteiger partial charge is 0.450 e. The van der Waals surface area contributed by atoms with Gasteiger partial charge in [-0.1, -0.05) is 6.54 Å². The molecule has 1 spiro atoms. The Balaban J connectivity index is 1.97. The van der Waals surface area contributed by atoms with E-state index in [-0.39, 0.29) is 0 Å².